The number of rotatable bonds is 3. The molecule has 0 saturated carbocycles. The molecule has 7 nitrogen and oxygen atoms in total. The third-order valence-electron chi connectivity index (χ3n) is 4.70. The first-order valence-corrected chi connectivity index (χ1v) is 9.34. The van der Waals surface area contributed by atoms with Gasteiger partial charge in [0.2, 0.25) is 0 Å². The number of halogens is 3. The fourth-order valence-corrected chi connectivity index (χ4v) is 3.25. The SMILES string of the molecule is Cc1cccc(CN2CCN(c3nccn4ccnc34)CC2)c1.O=C(O)C(F)(F)F. The van der Waals surface area contributed by atoms with Crippen LogP contribution in [-0.4, -0.2) is 62.7 Å². The van der Waals surface area contributed by atoms with E-state index in [4.69, 9.17) is 9.90 Å². The standard InChI is InChI=1S/C18H21N5.C2HF3O2/c1-15-3-2-4-16(13-15)14-21-9-11-23(12-10-21)18-17-19-5-7-22(17)8-6-20-18;3-2(4,5)1(6)7/h2-8,13H,9-12,14H2,1H3;(H,6,7). The fourth-order valence-electron chi connectivity index (χ4n) is 3.25. The minimum atomic E-state index is -5.08. The molecule has 0 amide bonds. The summed E-state index contributed by atoms with van der Waals surface area (Å²) < 4.78 is 33.8. The maximum absolute atomic E-state index is 10.6. The van der Waals surface area contributed by atoms with E-state index in [2.05, 4.69) is 51.0 Å². The molecular weight excluding hydrogens is 399 g/mol. The summed E-state index contributed by atoms with van der Waals surface area (Å²) in [5.74, 6) is -1.76. The molecule has 1 aliphatic heterocycles. The predicted molar refractivity (Wildman–Crippen MR) is 105 cm³/mol. The highest BCUT2D eigenvalue weighted by Gasteiger charge is 2.38. The van der Waals surface area contributed by atoms with E-state index in [9.17, 15) is 13.2 Å². The Morgan fingerprint density at radius 3 is 2.33 bits per heavy atom. The average molecular weight is 421 g/mol. The van der Waals surface area contributed by atoms with Gasteiger partial charge in [-0.2, -0.15) is 13.2 Å². The van der Waals surface area contributed by atoms with Crippen molar-refractivity contribution in [2.24, 2.45) is 0 Å². The van der Waals surface area contributed by atoms with Crippen LogP contribution in [0.1, 0.15) is 11.1 Å². The molecule has 3 aromatic rings. The molecular formula is C20H22F3N5O2. The summed E-state index contributed by atoms with van der Waals surface area (Å²) in [7, 11) is 0. The summed E-state index contributed by atoms with van der Waals surface area (Å²) in [5, 5.41) is 7.12. The lowest BCUT2D eigenvalue weighted by Gasteiger charge is -2.35. The number of piperazine rings is 1. The molecule has 3 heterocycles. The zero-order valence-electron chi connectivity index (χ0n) is 16.4. The van der Waals surface area contributed by atoms with Crippen molar-refractivity contribution in [3.05, 3.63) is 60.2 Å². The smallest absolute Gasteiger partial charge is 0.475 e. The number of fused-ring (bicyclic) bond motifs is 1. The molecule has 1 fully saturated rings. The molecule has 30 heavy (non-hydrogen) atoms. The molecule has 1 N–H and O–H groups in total. The molecule has 2 aromatic heterocycles. The van der Waals surface area contributed by atoms with Crippen molar-refractivity contribution in [1.29, 1.82) is 0 Å². The van der Waals surface area contributed by atoms with E-state index in [-0.39, 0.29) is 0 Å². The third kappa shape index (κ3) is 5.47. The van der Waals surface area contributed by atoms with Gasteiger partial charge in [-0.25, -0.2) is 14.8 Å². The number of benzene rings is 1. The monoisotopic (exact) mass is 421 g/mol. The van der Waals surface area contributed by atoms with Gasteiger partial charge in [0.25, 0.3) is 0 Å². The first kappa shape index (κ1) is 21.6. The molecule has 1 aliphatic rings. The van der Waals surface area contributed by atoms with Gasteiger partial charge in [0, 0.05) is 57.5 Å². The quantitative estimate of drug-likeness (QED) is 0.701. The van der Waals surface area contributed by atoms with E-state index >= 15 is 0 Å². The van der Waals surface area contributed by atoms with Gasteiger partial charge in [-0.1, -0.05) is 29.8 Å². The van der Waals surface area contributed by atoms with Crippen LogP contribution in [0.2, 0.25) is 0 Å². The Bertz CT molecular complexity index is 997. The van der Waals surface area contributed by atoms with Gasteiger partial charge in [0.15, 0.2) is 11.5 Å². The second kappa shape index (κ2) is 9.12. The largest absolute Gasteiger partial charge is 0.490 e. The van der Waals surface area contributed by atoms with Crippen LogP contribution in [0.25, 0.3) is 5.65 Å². The Morgan fingerprint density at radius 1 is 1.10 bits per heavy atom. The molecule has 0 unspecified atom stereocenters. The van der Waals surface area contributed by atoms with Crippen molar-refractivity contribution in [3.8, 4) is 0 Å². The van der Waals surface area contributed by atoms with Crippen molar-refractivity contribution in [1.82, 2.24) is 19.3 Å². The third-order valence-corrected chi connectivity index (χ3v) is 4.70. The normalized spacial score (nSPS) is 15.0. The summed E-state index contributed by atoms with van der Waals surface area (Å²) in [6, 6.07) is 8.79. The van der Waals surface area contributed by atoms with Gasteiger partial charge in [0.05, 0.1) is 0 Å². The van der Waals surface area contributed by atoms with E-state index < -0.39 is 12.1 Å². The van der Waals surface area contributed by atoms with E-state index in [0.717, 1.165) is 44.2 Å². The number of aromatic nitrogens is 3. The lowest BCUT2D eigenvalue weighted by Crippen LogP contribution is -2.46. The second-order valence-electron chi connectivity index (χ2n) is 6.96. The molecule has 10 heteroatoms. The zero-order chi connectivity index (χ0) is 21.7. The number of aryl methyl sites for hydroxylation is 1. The number of alkyl halides is 3. The Balaban J connectivity index is 0.000000318. The Hall–Kier alpha value is -3.14. The van der Waals surface area contributed by atoms with Crippen LogP contribution in [0.3, 0.4) is 0 Å². The molecule has 160 valence electrons. The number of anilines is 1. The van der Waals surface area contributed by atoms with Gasteiger partial charge in [-0.3, -0.25) is 4.90 Å². The topological polar surface area (TPSA) is 74.0 Å². The second-order valence-corrected chi connectivity index (χ2v) is 6.96. The van der Waals surface area contributed by atoms with Crippen molar-refractivity contribution in [3.63, 3.8) is 0 Å². The summed E-state index contributed by atoms with van der Waals surface area (Å²) in [5.41, 5.74) is 3.67. The average Bonchev–Trinajstić information content (AvgIpc) is 3.17. The summed E-state index contributed by atoms with van der Waals surface area (Å²) in [4.78, 5) is 22.7. The molecule has 0 radical (unpaired) electrons. The van der Waals surface area contributed by atoms with Gasteiger partial charge in [-0.15, -0.1) is 0 Å². The highest BCUT2D eigenvalue weighted by molar-refractivity contribution is 5.73. The summed E-state index contributed by atoms with van der Waals surface area (Å²) in [6.07, 6.45) is 2.51. The van der Waals surface area contributed by atoms with Gasteiger partial charge in [0.1, 0.15) is 0 Å². The molecule has 4 rings (SSSR count). The van der Waals surface area contributed by atoms with Crippen LogP contribution < -0.4 is 4.90 Å². The Kier molecular flexibility index (Phi) is 6.56. The molecule has 1 saturated heterocycles. The van der Waals surface area contributed by atoms with E-state index in [1.165, 1.54) is 11.1 Å². The van der Waals surface area contributed by atoms with Crippen LogP contribution in [0.15, 0.2) is 49.1 Å². The first-order chi connectivity index (χ1) is 14.2. The number of aliphatic carboxylic acids is 1. The summed E-state index contributed by atoms with van der Waals surface area (Å²) in [6.45, 7) is 7.26. The highest BCUT2D eigenvalue weighted by Crippen LogP contribution is 2.19. The lowest BCUT2D eigenvalue weighted by molar-refractivity contribution is -0.192. The Morgan fingerprint density at radius 2 is 1.73 bits per heavy atom. The van der Waals surface area contributed by atoms with Gasteiger partial charge in [-0.05, 0) is 12.5 Å². The number of hydrogen-bond acceptors (Lipinski definition) is 5. The number of carbonyl (C=O) groups is 1. The molecule has 0 atom stereocenters. The van der Waals surface area contributed by atoms with Crippen LogP contribution in [0.4, 0.5) is 19.0 Å². The molecule has 0 spiro atoms. The van der Waals surface area contributed by atoms with Crippen molar-refractivity contribution in [2.75, 3.05) is 31.1 Å². The maximum atomic E-state index is 10.6. The van der Waals surface area contributed by atoms with Crippen LogP contribution in [-0.2, 0) is 11.3 Å². The number of nitrogens with zero attached hydrogens (tertiary/aromatic N) is 5. The highest BCUT2D eigenvalue weighted by atomic mass is 19.4. The zero-order valence-corrected chi connectivity index (χ0v) is 16.4. The van der Waals surface area contributed by atoms with Crippen molar-refractivity contribution >= 4 is 17.4 Å². The fraction of sp³-hybridized carbons (Fsp3) is 0.350. The van der Waals surface area contributed by atoms with Crippen molar-refractivity contribution in [2.45, 2.75) is 19.6 Å². The minimum absolute atomic E-state index is 0.944. The van der Waals surface area contributed by atoms with E-state index in [0.29, 0.717) is 0 Å². The van der Waals surface area contributed by atoms with Crippen molar-refractivity contribution < 1.29 is 23.1 Å². The van der Waals surface area contributed by atoms with Gasteiger partial charge < -0.3 is 14.4 Å². The number of carboxylic acid groups (broad SMARTS) is 1. The first-order valence-electron chi connectivity index (χ1n) is 9.34. The van der Waals surface area contributed by atoms with Crippen LogP contribution >= 0.6 is 0 Å². The minimum Gasteiger partial charge on any atom is -0.475 e. The lowest BCUT2D eigenvalue weighted by atomic mass is 10.1. The summed E-state index contributed by atoms with van der Waals surface area (Å²) >= 11 is 0. The number of carboxylic acids is 1. The Labute approximate surface area is 171 Å². The van der Waals surface area contributed by atoms with E-state index in [1.807, 2.05) is 29.2 Å². The van der Waals surface area contributed by atoms with Crippen LogP contribution in [0.5, 0.6) is 0 Å². The predicted octanol–water partition coefficient (Wildman–Crippen LogP) is 2.99. The van der Waals surface area contributed by atoms with E-state index in [1.54, 1.807) is 0 Å². The maximum Gasteiger partial charge on any atom is 0.490 e. The van der Waals surface area contributed by atoms with Gasteiger partial charge >= 0.3 is 12.1 Å². The van der Waals surface area contributed by atoms with Crippen LogP contribution in [0, 0.1) is 6.92 Å². The molecule has 0 bridgehead atoms. The number of hydrogen-bond donors (Lipinski definition) is 1. The molecule has 1 aromatic carbocycles. The number of imidazole rings is 1. The molecule has 0 aliphatic carbocycles.